The lowest BCUT2D eigenvalue weighted by atomic mass is 10.2. The molecule has 3 rings (SSSR count). The van der Waals surface area contributed by atoms with E-state index in [1.54, 1.807) is 31.2 Å². The number of ether oxygens (including phenoxy) is 1. The molecule has 1 aromatic heterocycles. The topological polar surface area (TPSA) is 68.3 Å². The first-order valence-electron chi connectivity index (χ1n) is 7.77. The average Bonchev–Trinajstić information content (AvgIpc) is 3.34. The van der Waals surface area contributed by atoms with Crippen LogP contribution in [0.15, 0.2) is 41.3 Å². The van der Waals surface area contributed by atoms with E-state index >= 15 is 0 Å². The molecule has 0 saturated heterocycles. The number of rotatable bonds is 7. The SMILES string of the molecule is Cc1c(Cl)cccc1S(=O)(=O)Nc1cccc(COCC2CC2)n1. The average molecular weight is 367 g/mol. The molecule has 1 aromatic carbocycles. The molecule has 1 saturated carbocycles. The maximum Gasteiger partial charge on any atom is 0.263 e. The summed E-state index contributed by atoms with van der Waals surface area (Å²) in [6, 6.07) is 9.97. The third-order valence-corrected chi connectivity index (χ3v) is 5.76. The molecule has 2 aromatic rings. The summed E-state index contributed by atoms with van der Waals surface area (Å²) in [6.45, 7) is 2.79. The summed E-state index contributed by atoms with van der Waals surface area (Å²) < 4.78 is 33.2. The number of anilines is 1. The van der Waals surface area contributed by atoms with E-state index < -0.39 is 10.0 Å². The molecule has 0 bridgehead atoms. The quantitative estimate of drug-likeness (QED) is 0.809. The van der Waals surface area contributed by atoms with Crippen LogP contribution in [0.4, 0.5) is 5.82 Å². The first kappa shape index (κ1) is 17.2. The van der Waals surface area contributed by atoms with Gasteiger partial charge in [0.2, 0.25) is 0 Å². The van der Waals surface area contributed by atoms with Crippen molar-refractivity contribution in [3.8, 4) is 0 Å². The number of nitrogens with one attached hydrogen (secondary N) is 1. The molecule has 1 heterocycles. The standard InChI is InChI=1S/C17H19ClN2O3S/c1-12-15(18)5-3-6-16(12)24(21,22)20-17-7-2-4-14(19-17)11-23-10-13-8-9-13/h2-7,13H,8-11H2,1H3,(H,19,20). The molecule has 0 radical (unpaired) electrons. The molecule has 0 unspecified atom stereocenters. The number of benzene rings is 1. The minimum atomic E-state index is -3.74. The highest BCUT2D eigenvalue weighted by molar-refractivity contribution is 7.92. The second-order valence-corrected chi connectivity index (χ2v) is 8.00. The molecule has 1 aliphatic rings. The molecule has 24 heavy (non-hydrogen) atoms. The van der Waals surface area contributed by atoms with Crippen LogP contribution in [-0.4, -0.2) is 20.0 Å². The maximum absolute atomic E-state index is 12.6. The molecule has 5 nitrogen and oxygen atoms in total. The van der Waals surface area contributed by atoms with Crippen molar-refractivity contribution in [3.05, 3.63) is 52.7 Å². The maximum atomic E-state index is 12.6. The Bertz CT molecular complexity index is 835. The summed E-state index contributed by atoms with van der Waals surface area (Å²) in [4.78, 5) is 4.45. The highest BCUT2D eigenvalue weighted by Gasteiger charge is 2.21. The van der Waals surface area contributed by atoms with Crippen LogP contribution >= 0.6 is 11.6 Å². The van der Waals surface area contributed by atoms with E-state index in [1.807, 2.05) is 6.07 Å². The number of pyridine rings is 1. The van der Waals surface area contributed by atoms with E-state index in [4.69, 9.17) is 16.3 Å². The van der Waals surface area contributed by atoms with Crippen LogP contribution in [-0.2, 0) is 21.4 Å². The Morgan fingerprint density at radius 1 is 1.25 bits per heavy atom. The number of hydrogen-bond acceptors (Lipinski definition) is 4. The van der Waals surface area contributed by atoms with Crippen LogP contribution in [0.1, 0.15) is 24.1 Å². The van der Waals surface area contributed by atoms with E-state index in [-0.39, 0.29) is 10.7 Å². The number of aromatic nitrogens is 1. The zero-order valence-electron chi connectivity index (χ0n) is 13.3. The monoisotopic (exact) mass is 366 g/mol. The van der Waals surface area contributed by atoms with Gasteiger partial charge in [-0.05, 0) is 55.5 Å². The molecular weight excluding hydrogens is 348 g/mol. The third kappa shape index (κ3) is 4.26. The molecule has 0 amide bonds. The highest BCUT2D eigenvalue weighted by atomic mass is 35.5. The van der Waals surface area contributed by atoms with E-state index in [1.165, 1.54) is 18.9 Å². The van der Waals surface area contributed by atoms with Crippen molar-refractivity contribution >= 4 is 27.4 Å². The van der Waals surface area contributed by atoms with Crippen molar-refractivity contribution in [1.29, 1.82) is 0 Å². The van der Waals surface area contributed by atoms with Gasteiger partial charge in [-0.3, -0.25) is 4.72 Å². The Morgan fingerprint density at radius 3 is 2.75 bits per heavy atom. The molecule has 1 aliphatic carbocycles. The van der Waals surface area contributed by atoms with Crippen molar-refractivity contribution in [2.45, 2.75) is 31.3 Å². The molecule has 0 spiro atoms. The van der Waals surface area contributed by atoms with Crippen molar-refractivity contribution in [2.24, 2.45) is 5.92 Å². The zero-order chi connectivity index (χ0) is 17.2. The number of hydrogen-bond donors (Lipinski definition) is 1. The van der Waals surface area contributed by atoms with E-state index in [2.05, 4.69) is 9.71 Å². The van der Waals surface area contributed by atoms with Gasteiger partial charge in [-0.25, -0.2) is 13.4 Å². The van der Waals surface area contributed by atoms with Gasteiger partial charge in [0.15, 0.2) is 0 Å². The van der Waals surface area contributed by atoms with Gasteiger partial charge in [-0.1, -0.05) is 23.7 Å². The van der Waals surface area contributed by atoms with Gasteiger partial charge in [-0.2, -0.15) is 0 Å². The fourth-order valence-electron chi connectivity index (χ4n) is 2.30. The van der Waals surface area contributed by atoms with Crippen LogP contribution in [0.25, 0.3) is 0 Å². The van der Waals surface area contributed by atoms with Gasteiger partial charge >= 0.3 is 0 Å². The van der Waals surface area contributed by atoms with Gasteiger partial charge in [0.1, 0.15) is 5.82 Å². The van der Waals surface area contributed by atoms with Crippen molar-refractivity contribution in [1.82, 2.24) is 4.98 Å². The van der Waals surface area contributed by atoms with E-state index in [0.29, 0.717) is 28.8 Å². The Hall–Kier alpha value is -1.63. The normalized spacial score (nSPS) is 14.6. The molecule has 1 N–H and O–H groups in total. The third-order valence-electron chi connectivity index (χ3n) is 3.85. The van der Waals surface area contributed by atoms with Crippen molar-refractivity contribution < 1.29 is 13.2 Å². The van der Waals surface area contributed by atoms with Gasteiger partial charge in [-0.15, -0.1) is 0 Å². The smallest absolute Gasteiger partial charge is 0.263 e. The highest BCUT2D eigenvalue weighted by Crippen LogP contribution is 2.29. The summed E-state index contributed by atoms with van der Waals surface area (Å²) in [5.74, 6) is 0.944. The van der Waals surface area contributed by atoms with Crippen LogP contribution in [0.2, 0.25) is 5.02 Å². The first-order valence-corrected chi connectivity index (χ1v) is 9.63. The second kappa shape index (κ2) is 7.09. The lowest BCUT2D eigenvalue weighted by Gasteiger charge is -2.11. The van der Waals surface area contributed by atoms with Crippen LogP contribution in [0.3, 0.4) is 0 Å². The zero-order valence-corrected chi connectivity index (χ0v) is 14.9. The molecule has 1 fully saturated rings. The van der Waals surface area contributed by atoms with E-state index in [0.717, 1.165) is 6.61 Å². The Morgan fingerprint density at radius 2 is 2.00 bits per heavy atom. The Balaban J connectivity index is 1.73. The lowest BCUT2D eigenvalue weighted by molar-refractivity contribution is 0.109. The molecule has 128 valence electrons. The first-order chi connectivity index (χ1) is 11.5. The molecular formula is C17H19ClN2O3S. The fourth-order valence-corrected chi connectivity index (χ4v) is 3.80. The van der Waals surface area contributed by atoms with Crippen LogP contribution in [0.5, 0.6) is 0 Å². The van der Waals surface area contributed by atoms with Gasteiger partial charge < -0.3 is 4.74 Å². The minimum Gasteiger partial charge on any atom is -0.375 e. The fraction of sp³-hybridized carbons (Fsp3) is 0.353. The minimum absolute atomic E-state index is 0.146. The van der Waals surface area contributed by atoms with Crippen molar-refractivity contribution in [3.63, 3.8) is 0 Å². The van der Waals surface area contributed by atoms with Crippen LogP contribution in [0, 0.1) is 12.8 Å². The lowest BCUT2D eigenvalue weighted by Crippen LogP contribution is -2.15. The number of nitrogens with zero attached hydrogens (tertiary/aromatic N) is 1. The Kier molecular flexibility index (Phi) is 5.08. The molecule has 0 aliphatic heterocycles. The summed E-state index contributed by atoms with van der Waals surface area (Å²) in [5.41, 5.74) is 1.20. The van der Waals surface area contributed by atoms with Crippen molar-refractivity contribution in [2.75, 3.05) is 11.3 Å². The largest absolute Gasteiger partial charge is 0.375 e. The Labute approximate surface area is 147 Å². The van der Waals surface area contributed by atoms with Crippen LogP contribution < -0.4 is 4.72 Å². The van der Waals surface area contributed by atoms with Gasteiger partial charge in [0.25, 0.3) is 10.0 Å². The van der Waals surface area contributed by atoms with Gasteiger partial charge in [0.05, 0.1) is 17.2 Å². The molecule has 7 heteroatoms. The molecule has 0 atom stereocenters. The summed E-state index contributed by atoms with van der Waals surface area (Å²) >= 11 is 6.01. The van der Waals surface area contributed by atoms with E-state index in [9.17, 15) is 8.42 Å². The predicted molar refractivity (Wildman–Crippen MR) is 93.6 cm³/mol. The number of sulfonamides is 1. The summed E-state index contributed by atoms with van der Waals surface area (Å²) in [5, 5.41) is 0.410. The summed E-state index contributed by atoms with van der Waals surface area (Å²) in [6.07, 6.45) is 2.46. The second-order valence-electron chi connectivity index (χ2n) is 5.94. The van der Waals surface area contributed by atoms with Gasteiger partial charge in [0, 0.05) is 11.6 Å². The number of halogens is 1. The summed E-state index contributed by atoms with van der Waals surface area (Å²) in [7, 11) is -3.74. The predicted octanol–water partition coefficient (Wildman–Crippen LogP) is 3.77.